The first-order valence-electron chi connectivity index (χ1n) is 3.89. The molecular weight excluding hydrogens is 150 g/mol. The largest absolute Gasteiger partial charge is 0.305 e. The van der Waals surface area contributed by atoms with E-state index in [2.05, 4.69) is 4.98 Å². The average molecular weight is 159 g/mol. The summed E-state index contributed by atoms with van der Waals surface area (Å²) in [5.41, 5.74) is 2.68. The molecule has 0 fully saturated rings. The zero-order chi connectivity index (χ0) is 8.55. The molecule has 0 atom stereocenters. The van der Waals surface area contributed by atoms with Crippen molar-refractivity contribution >= 4 is 11.4 Å². The van der Waals surface area contributed by atoms with Gasteiger partial charge in [-0.1, -0.05) is 0 Å². The molecule has 12 heavy (non-hydrogen) atoms. The van der Waals surface area contributed by atoms with Gasteiger partial charge in [0.05, 0.1) is 11.4 Å². The van der Waals surface area contributed by atoms with Gasteiger partial charge in [-0.15, -0.1) is 0 Å². The maximum Gasteiger partial charge on any atom is 0.0927 e. The van der Waals surface area contributed by atoms with E-state index in [0.717, 1.165) is 5.56 Å². The zero-order valence-corrected chi connectivity index (χ0v) is 6.59. The van der Waals surface area contributed by atoms with Crippen LogP contribution in [0, 0.1) is 10.8 Å². The number of hydrogen-bond donors (Lipinski definition) is 2. The van der Waals surface area contributed by atoms with Gasteiger partial charge in [0.25, 0.3) is 0 Å². The lowest BCUT2D eigenvalue weighted by Crippen LogP contribution is -2.18. The molecule has 0 unspecified atom stereocenters. The highest BCUT2D eigenvalue weighted by Crippen LogP contribution is 2.17. The quantitative estimate of drug-likeness (QED) is 0.593. The van der Waals surface area contributed by atoms with Gasteiger partial charge in [-0.25, -0.2) is 0 Å². The fourth-order valence-corrected chi connectivity index (χ4v) is 1.39. The molecule has 0 radical (unpaired) electrons. The van der Waals surface area contributed by atoms with Crippen LogP contribution >= 0.6 is 0 Å². The molecule has 1 aliphatic carbocycles. The predicted molar refractivity (Wildman–Crippen MR) is 47.1 cm³/mol. The van der Waals surface area contributed by atoms with Gasteiger partial charge in [-0.2, -0.15) is 0 Å². The second-order valence-electron chi connectivity index (χ2n) is 2.86. The smallest absolute Gasteiger partial charge is 0.0927 e. The number of aromatic nitrogens is 1. The van der Waals surface area contributed by atoms with Crippen molar-refractivity contribution in [1.82, 2.24) is 4.98 Å². The molecule has 3 nitrogen and oxygen atoms in total. The van der Waals surface area contributed by atoms with Crippen molar-refractivity contribution in [3.63, 3.8) is 0 Å². The van der Waals surface area contributed by atoms with E-state index >= 15 is 0 Å². The Kier molecular flexibility index (Phi) is 1.50. The molecule has 1 aromatic rings. The highest BCUT2D eigenvalue weighted by molar-refractivity contribution is 6.14. The summed E-state index contributed by atoms with van der Waals surface area (Å²) in [7, 11) is 0. The van der Waals surface area contributed by atoms with Gasteiger partial charge in [-0.05, 0) is 25.0 Å². The Morgan fingerprint density at radius 2 is 1.92 bits per heavy atom. The molecule has 0 saturated heterocycles. The third-order valence-electron chi connectivity index (χ3n) is 2.04. The van der Waals surface area contributed by atoms with E-state index in [-0.39, 0.29) is 0 Å². The fourth-order valence-electron chi connectivity index (χ4n) is 1.39. The maximum atomic E-state index is 7.62. The lowest BCUT2D eigenvalue weighted by molar-refractivity contribution is 1.05. The van der Waals surface area contributed by atoms with Crippen molar-refractivity contribution in [3.05, 3.63) is 29.6 Å². The van der Waals surface area contributed by atoms with Gasteiger partial charge < -0.3 is 10.8 Å². The molecule has 0 bridgehead atoms. The molecule has 1 aromatic heterocycles. The summed E-state index contributed by atoms with van der Waals surface area (Å²) in [6.45, 7) is 0. The number of nitrogens with one attached hydrogen (secondary N) is 2. The molecule has 0 amide bonds. The van der Waals surface area contributed by atoms with Crippen molar-refractivity contribution in [3.8, 4) is 0 Å². The Morgan fingerprint density at radius 1 is 1.17 bits per heavy atom. The molecule has 0 aliphatic heterocycles. The molecule has 60 valence electrons. The molecule has 3 heteroatoms. The topological polar surface area (TPSA) is 60.6 Å². The van der Waals surface area contributed by atoms with Gasteiger partial charge in [0, 0.05) is 17.5 Å². The molecule has 2 rings (SSSR count). The number of pyridine rings is 1. The molecule has 0 aromatic carbocycles. The summed E-state index contributed by atoms with van der Waals surface area (Å²) in [5.74, 6) is 0. The normalized spacial score (nSPS) is 16.0. The second-order valence-corrected chi connectivity index (χ2v) is 2.86. The average Bonchev–Trinajstić information content (AvgIpc) is 2.12. The summed E-state index contributed by atoms with van der Waals surface area (Å²) in [4.78, 5) is 4.09. The van der Waals surface area contributed by atoms with E-state index in [1.54, 1.807) is 6.20 Å². The van der Waals surface area contributed by atoms with E-state index in [4.69, 9.17) is 10.8 Å². The minimum Gasteiger partial charge on any atom is -0.305 e. The standard InChI is InChI=1S/C9H9N3/c10-7-3-4-8(11)9-6(7)2-1-5-12-9/h1-2,5,10-11H,3-4H2. The zero-order valence-electron chi connectivity index (χ0n) is 6.59. The van der Waals surface area contributed by atoms with E-state index in [0.29, 0.717) is 30.0 Å². The van der Waals surface area contributed by atoms with Crippen LogP contribution in [0.5, 0.6) is 0 Å². The Balaban J connectivity index is 2.62. The maximum absolute atomic E-state index is 7.62. The second kappa shape index (κ2) is 2.52. The molecule has 0 spiro atoms. The van der Waals surface area contributed by atoms with Crippen LogP contribution in [0.4, 0.5) is 0 Å². The molecule has 1 heterocycles. The van der Waals surface area contributed by atoms with Crippen LogP contribution in [-0.2, 0) is 0 Å². The molecular formula is C9H9N3. The van der Waals surface area contributed by atoms with Crippen LogP contribution < -0.4 is 0 Å². The summed E-state index contributed by atoms with van der Waals surface area (Å²) < 4.78 is 0. The SMILES string of the molecule is N=C1CCC(=N)c2ncccc21. The third-order valence-corrected chi connectivity index (χ3v) is 2.04. The lowest BCUT2D eigenvalue weighted by Gasteiger charge is -2.15. The van der Waals surface area contributed by atoms with Crippen molar-refractivity contribution < 1.29 is 0 Å². The van der Waals surface area contributed by atoms with E-state index in [9.17, 15) is 0 Å². The van der Waals surface area contributed by atoms with Crippen LogP contribution in [-0.4, -0.2) is 16.4 Å². The van der Waals surface area contributed by atoms with Crippen molar-refractivity contribution in [2.45, 2.75) is 12.8 Å². The first-order valence-corrected chi connectivity index (χ1v) is 3.89. The minimum absolute atomic E-state index is 0.557. The van der Waals surface area contributed by atoms with Crippen LogP contribution in [0.25, 0.3) is 0 Å². The highest BCUT2D eigenvalue weighted by Gasteiger charge is 2.18. The Labute approximate surface area is 70.5 Å². The van der Waals surface area contributed by atoms with Crippen molar-refractivity contribution in [2.24, 2.45) is 0 Å². The number of nitrogens with zero attached hydrogens (tertiary/aromatic N) is 1. The Hall–Kier alpha value is -1.51. The Bertz CT molecular complexity index is 320. The van der Waals surface area contributed by atoms with Gasteiger partial charge in [-0.3, -0.25) is 4.98 Å². The minimum atomic E-state index is 0.557. The summed E-state index contributed by atoms with van der Waals surface area (Å²) >= 11 is 0. The predicted octanol–water partition coefficient (Wildman–Crippen LogP) is 1.61. The van der Waals surface area contributed by atoms with Gasteiger partial charge >= 0.3 is 0 Å². The van der Waals surface area contributed by atoms with E-state index in [1.807, 2.05) is 12.1 Å². The van der Waals surface area contributed by atoms with Gasteiger partial charge in [0.15, 0.2) is 0 Å². The molecule has 0 saturated carbocycles. The first kappa shape index (κ1) is 7.16. The van der Waals surface area contributed by atoms with Crippen LogP contribution in [0.1, 0.15) is 24.1 Å². The number of hydrogen-bond acceptors (Lipinski definition) is 3. The van der Waals surface area contributed by atoms with Crippen LogP contribution in [0.3, 0.4) is 0 Å². The van der Waals surface area contributed by atoms with E-state index in [1.165, 1.54) is 0 Å². The number of fused-ring (bicyclic) bond motifs is 1. The van der Waals surface area contributed by atoms with Crippen molar-refractivity contribution in [2.75, 3.05) is 0 Å². The summed E-state index contributed by atoms with van der Waals surface area (Å²) in [6, 6.07) is 3.67. The first-order chi connectivity index (χ1) is 5.79. The number of rotatable bonds is 0. The third kappa shape index (κ3) is 0.942. The monoisotopic (exact) mass is 159 g/mol. The molecule has 1 aliphatic rings. The fraction of sp³-hybridized carbons (Fsp3) is 0.222. The van der Waals surface area contributed by atoms with Gasteiger partial charge in [0.2, 0.25) is 0 Å². The highest BCUT2D eigenvalue weighted by atomic mass is 14.7. The van der Waals surface area contributed by atoms with Gasteiger partial charge in [0.1, 0.15) is 0 Å². The van der Waals surface area contributed by atoms with Crippen LogP contribution in [0.2, 0.25) is 0 Å². The summed E-state index contributed by atoms with van der Waals surface area (Å²) in [5, 5.41) is 15.2. The molecule has 2 N–H and O–H groups in total. The van der Waals surface area contributed by atoms with Crippen molar-refractivity contribution in [1.29, 1.82) is 10.8 Å². The van der Waals surface area contributed by atoms with E-state index < -0.39 is 0 Å². The Morgan fingerprint density at radius 3 is 2.67 bits per heavy atom. The summed E-state index contributed by atoms with van der Waals surface area (Å²) in [6.07, 6.45) is 3.01. The van der Waals surface area contributed by atoms with Crippen LogP contribution in [0.15, 0.2) is 18.3 Å². The lowest BCUT2D eigenvalue weighted by atomic mass is 9.93.